The maximum Gasteiger partial charge on any atom is 0.312 e. The largest absolute Gasteiger partial charge is 0.452 e. The summed E-state index contributed by atoms with van der Waals surface area (Å²) in [6.45, 7) is 1.58. The number of nitrogens with zero attached hydrogens (tertiary/aromatic N) is 2. The first-order valence-electron chi connectivity index (χ1n) is 9.48. The van der Waals surface area contributed by atoms with Gasteiger partial charge >= 0.3 is 5.97 Å². The van der Waals surface area contributed by atoms with Gasteiger partial charge in [-0.15, -0.1) is 11.8 Å². The highest BCUT2D eigenvalue weighted by atomic mass is 32.2. The van der Waals surface area contributed by atoms with Crippen LogP contribution in [0.15, 0.2) is 53.4 Å². The van der Waals surface area contributed by atoms with E-state index in [1.54, 1.807) is 11.8 Å². The molecule has 0 spiro atoms. The Morgan fingerprint density at radius 3 is 2.61 bits per heavy atom. The number of anilines is 2. The molecule has 2 unspecified atom stereocenters. The van der Waals surface area contributed by atoms with Crippen molar-refractivity contribution in [3.8, 4) is 0 Å². The van der Waals surface area contributed by atoms with Crippen molar-refractivity contribution in [2.75, 3.05) is 23.0 Å². The standard InChI is InChI=1S/C21H21N3O6S/c1-13(20(26)22-15-4-3-5-17(11-15)24(28)29)30-21(27)14-10-19(25)23(12-14)16-6-8-18(31-2)9-7-16/h3-9,11,13-14H,10,12H2,1-2H3,(H,22,26). The van der Waals surface area contributed by atoms with Gasteiger partial charge in [-0.05, 0) is 43.5 Å². The number of rotatable bonds is 7. The Morgan fingerprint density at radius 2 is 1.97 bits per heavy atom. The summed E-state index contributed by atoms with van der Waals surface area (Å²) in [6, 6.07) is 12.9. The van der Waals surface area contributed by atoms with Crippen LogP contribution in [-0.4, -0.2) is 41.6 Å². The van der Waals surface area contributed by atoms with Crippen LogP contribution in [0.2, 0.25) is 0 Å². The van der Waals surface area contributed by atoms with E-state index in [2.05, 4.69) is 5.32 Å². The molecule has 0 radical (unpaired) electrons. The Hall–Kier alpha value is -3.40. The molecule has 162 valence electrons. The first-order chi connectivity index (χ1) is 14.8. The van der Waals surface area contributed by atoms with Crippen molar-refractivity contribution in [2.45, 2.75) is 24.3 Å². The van der Waals surface area contributed by atoms with Crippen LogP contribution >= 0.6 is 11.8 Å². The minimum absolute atomic E-state index is 0.00231. The fraction of sp³-hybridized carbons (Fsp3) is 0.286. The van der Waals surface area contributed by atoms with Crippen molar-refractivity contribution in [1.29, 1.82) is 0 Å². The van der Waals surface area contributed by atoms with Crippen molar-refractivity contribution in [1.82, 2.24) is 0 Å². The van der Waals surface area contributed by atoms with Crippen LogP contribution in [0.4, 0.5) is 17.1 Å². The van der Waals surface area contributed by atoms with Crippen LogP contribution < -0.4 is 10.2 Å². The van der Waals surface area contributed by atoms with Crippen molar-refractivity contribution >= 4 is 46.6 Å². The average molecular weight is 443 g/mol. The summed E-state index contributed by atoms with van der Waals surface area (Å²) < 4.78 is 5.25. The Morgan fingerprint density at radius 1 is 1.26 bits per heavy atom. The molecule has 2 amide bonds. The number of non-ortho nitro benzene ring substituents is 1. The molecule has 31 heavy (non-hydrogen) atoms. The van der Waals surface area contributed by atoms with Gasteiger partial charge in [0.2, 0.25) is 5.91 Å². The number of thioether (sulfide) groups is 1. The van der Waals surface area contributed by atoms with E-state index >= 15 is 0 Å². The Bertz CT molecular complexity index is 1010. The normalized spacial score (nSPS) is 16.6. The first-order valence-corrected chi connectivity index (χ1v) is 10.7. The molecule has 1 saturated heterocycles. The molecule has 0 aromatic heterocycles. The number of ether oxygens (including phenoxy) is 1. The molecular weight excluding hydrogens is 422 g/mol. The first kappa shape index (κ1) is 22.3. The maximum atomic E-state index is 12.5. The van der Waals surface area contributed by atoms with Crippen molar-refractivity contribution in [3.05, 3.63) is 58.6 Å². The van der Waals surface area contributed by atoms with Crippen LogP contribution in [0, 0.1) is 16.0 Å². The Kier molecular flexibility index (Phi) is 6.91. The van der Waals surface area contributed by atoms with Crippen molar-refractivity contribution in [3.63, 3.8) is 0 Å². The smallest absolute Gasteiger partial charge is 0.312 e. The van der Waals surface area contributed by atoms with Gasteiger partial charge in [0.1, 0.15) is 0 Å². The third kappa shape index (κ3) is 5.40. The third-order valence-corrected chi connectivity index (χ3v) is 5.57. The number of nitro benzene ring substituents is 1. The molecule has 0 bridgehead atoms. The zero-order chi connectivity index (χ0) is 22.5. The summed E-state index contributed by atoms with van der Waals surface area (Å²) in [5, 5.41) is 13.3. The van der Waals surface area contributed by atoms with E-state index in [4.69, 9.17) is 4.74 Å². The fourth-order valence-corrected chi connectivity index (χ4v) is 3.55. The van der Waals surface area contributed by atoms with Gasteiger partial charge < -0.3 is 15.0 Å². The lowest BCUT2D eigenvalue weighted by Crippen LogP contribution is -2.33. The van der Waals surface area contributed by atoms with Crippen LogP contribution in [-0.2, 0) is 19.1 Å². The molecule has 10 heteroatoms. The number of hydrogen-bond donors (Lipinski definition) is 1. The lowest BCUT2D eigenvalue weighted by Gasteiger charge is -2.18. The van der Waals surface area contributed by atoms with Gasteiger partial charge in [0.25, 0.3) is 11.6 Å². The number of hydrogen-bond acceptors (Lipinski definition) is 7. The Balaban J connectivity index is 1.57. The number of amides is 2. The minimum Gasteiger partial charge on any atom is -0.452 e. The quantitative estimate of drug-likeness (QED) is 0.302. The zero-order valence-electron chi connectivity index (χ0n) is 16.9. The minimum atomic E-state index is -1.13. The number of nitrogens with one attached hydrogen (secondary N) is 1. The summed E-state index contributed by atoms with van der Waals surface area (Å²) in [5.74, 6) is -2.13. The third-order valence-electron chi connectivity index (χ3n) is 4.83. The highest BCUT2D eigenvalue weighted by molar-refractivity contribution is 7.98. The van der Waals surface area contributed by atoms with E-state index < -0.39 is 28.8 Å². The second-order valence-corrected chi connectivity index (χ2v) is 7.86. The van der Waals surface area contributed by atoms with Gasteiger partial charge in [-0.2, -0.15) is 0 Å². The number of carbonyl (C=O) groups excluding carboxylic acids is 3. The molecule has 9 nitrogen and oxygen atoms in total. The predicted molar refractivity (Wildman–Crippen MR) is 116 cm³/mol. The predicted octanol–water partition coefficient (Wildman–Crippen LogP) is 3.24. The Labute approximate surface area is 182 Å². The highest BCUT2D eigenvalue weighted by Gasteiger charge is 2.37. The number of esters is 1. The van der Waals surface area contributed by atoms with Gasteiger partial charge in [0, 0.05) is 41.4 Å². The van der Waals surface area contributed by atoms with Crippen LogP contribution in [0.3, 0.4) is 0 Å². The SMILES string of the molecule is CSc1ccc(N2CC(C(=O)OC(C)C(=O)Nc3cccc([N+](=O)[O-])c3)CC2=O)cc1. The molecular formula is C21H21N3O6S. The number of benzene rings is 2. The molecule has 1 aliphatic rings. The van der Waals surface area contributed by atoms with Gasteiger partial charge in [-0.25, -0.2) is 0 Å². The van der Waals surface area contributed by atoms with Gasteiger partial charge in [-0.3, -0.25) is 24.5 Å². The second kappa shape index (κ2) is 9.61. The molecule has 2 aromatic carbocycles. The van der Waals surface area contributed by atoms with E-state index in [0.29, 0.717) is 5.69 Å². The van der Waals surface area contributed by atoms with E-state index in [1.807, 2.05) is 30.5 Å². The van der Waals surface area contributed by atoms with E-state index in [-0.39, 0.29) is 30.2 Å². The van der Waals surface area contributed by atoms with Gasteiger partial charge in [0.15, 0.2) is 6.10 Å². The molecule has 3 rings (SSSR count). The summed E-state index contributed by atoms with van der Waals surface area (Å²) in [5.41, 5.74) is 0.755. The summed E-state index contributed by atoms with van der Waals surface area (Å²) >= 11 is 1.59. The van der Waals surface area contributed by atoms with E-state index in [1.165, 1.54) is 36.1 Å². The molecule has 2 aromatic rings. The van der Waals surface area contributed by atoms with E-state index in [0.717, 1.165) is 4.90 Å². The summed E-state index contributed by atoms with van der Waals surface area (Å²) in [7, 11) is 0. The molecule has 1 heterocycles. The van der Waals surface area contributed by atoms with Gasteiger partial charge in [0.05, 0.1) is 10.8 Å². The molecule has 1 aliphatic heterocycles. The number of nitro groups is 1. The second-order valence-electron chi connectivity index (χ2n) is 6.98. The van der Waals surface area contributed by atoms with Crippen molar-refractivity contribution < 1.29 is 24.0 Å². The maximum absolute atomic E-state index is 12.5. The lowest BCUT2D eigenvalue weighted by atomic mass is 10.1. The van der Waals surface area contributed by atoms with Crippen LogP contribution in [0.1, 0.15) is 13.3 Å². The molecule has 0 saturated carbocycles. The fourth-order valence-electron chi connectivity index (χ4n) is 3.14. The zero-order valence-corrected chi connectivity index (χ0v) is 17.8. The summed E-state index contributed by atoms with van der Waals surface area (Å²) in [4.78, 5) is 50.1. The summed E-state index contributed by atoms with van der Waals surface area (Å²) in [6.07, 6.45) is 0.831. The molecule has 1 N–H and O–H groups in total. The number of carbonyl (C=O) groups is 3. The lowest BCUT2D eigenvalue weighted by molar-refractivity contribution is -0.384. The highest BCUT2D eigenvalue weighted by Crippen LogP contribution is 2.28. The topological polar surface area (TPSA) is 119 Å². The van der Waals surface area contributed by atoms with Gasteiger partial charge in [-0.1, -0.05) is 6.07 Å². The molecule has 0 aliphatic carbocycles. The molecule has 2 atom stereocenters. The van der Waals surface area contributed by atoms with Crippen LogP contribution in [0.5, 0.6) is 0 Å². The van der Waals surface area contributed by atoms with E-state index in [9.17, 15) is 24.5 Å². The van der Waals surface area contributed by atoms with Crippen molar-refractivity contribution in [2.24, 2.45) is 5.92 Å². The van der Waals surface area contributed by atoms with Crippen LogP contribution in [0.25, 0.3) is 0 Å². The average Bonchev–Trinajstić information content (AvgIpc) is 3.15. The molecule has 1 fully saturated rings. The monoisotopic (exact) mass is 443 g/mol.